The van der Waals surface area contributed by atoms with Gasteiger partial charge in [0.25, 0.3) is 18.5 Å². The Hall–Kier alpha value is -3.11. The summed E-state index contributed by atoms with van der Waals surface area (Å²) in [7, 11) is 0. The minimum atomic E-state index is -5.17. The molecule has 0 saturated carbocycles. The van der Waals surface area contributed by atoms with Crippen LogP contribution >= 0.6 is 0 Å². The van der Waals surface area contributed by atoms with Crippen molar-refractivity contribution in [2.75, 3.05) is 6.61 Å². The van der Waals surface area contributed by atoms with Crippen LogP contribution < -0.4 is 0 Å². The zero-order valence-electron chi connectivity index (χ0n) is 17.4. The average molecular weight is 477 g/mol. The summed E-state index contributed by atoms with van der Waals surface area (Å²) in [4.78, 5) is 16.7. The molecule has 1 atom stereocenters. The molecular formula is C22H18F7NO3. The number of esters is 1. The van der Waals surface area contributed by atoms with Crippen molar-refractivity contribution < 1.29 is 45.1 Å². The van der Waals surface area contributed by atoms with Gasteiger partial charge in [-0.1, -0.05) is 11.2 Å². The number of hydrogen-bond acceptors (Lipinski definition) is 4. The Labute approximate surface area is 184 Å². The van der Waals surface area contributed by atoms with Gasteiger partial charge in [-0.05, 0) is 55.3 Å². The van der Waals surface area contributed by atoms with Crippen molar-refractivity contribution in [3.05, 3.63) is 69.8 Å². The number of carbonyl (C=O) groups excluding carboxylic acids is 1. The fraction of sp³-hybridized carbons (Fsp3) is 0.364. The first-order valence-corrected chi connectivity index (χ1v) is 9.71. The van der Waals surface area contributed by atoms with E-state index in [0.717, 1.165) is 0 Å². The maximum atomic E-state index is 14.2. The maximum absolute atomic E-state index is 14.2. The van der Waals surface area contributed by atoms with E-state index in [1.54, 1.807) is 13.8 Å². The third kappa shape index (κ3) is 4.67. The third-order valence-electron chi connectivity index (χ3n) is 5.19. The van der Waals surface area contributed by atoms with Crippen LogP contribution in [0.1, 0.15) is 64.4 Å². The molecule has 0 aliphatic carbocycles. The molecule has 178 valence electrons. The predicted octanol–water partition coefficient (Wildman–Crippen LogP) is 6.63. The molecule has 1 heterocycles. The Morgan fingerprint density at radius 2 is 1.70 bits per heavy atom. The number of hydrogen-bond donors (Lipinski definition) is 0. The number of alkyl halides is 7. The van der Waals surface area contributed by atoms with E-state index in [1.807, 2.05) is 0 Å². The molecule has 2 aromatic rings. The van der Waals surface area contributed by atoms with E-state index < -0.39 is 53.7 Å². The summed E-state index contributed by atoms with van der Waals surface area (Å²) in [6, 6.07) is 5.55. The molecule has 33 heavy (non-hydrogen) atoms. The summed E-state index contributed by atoms with van der Waals surface area (Å²) in [6.07, 6.45) is -12.7. The zero-order valence-corrected chi connectivity index (χ0v) is 17.4. The number of benzene rings is 2. The van der Waals surface area contributed by atoms with Crippen molar-refractivity contribution >= 4 is 11.7 Å². The Morgan fingerprint density at radius 1 is 1.09 bits per heavy atom. The van der Waals surface area contributed by atoms with Crippen molar-refractivity contribution in [1.29, 1.82) is 0 Å². The maximum Gasteiger partial charge on any atom is 0.435 e. The smallest absolute Gasteiger partial charge is 0.435 e. The second kappa shape index (κ2) is 9.03. The van der Waals surface area contributed by atoms with Gasteiger partial charge in [0.1, 0.15) is 0 Å². The lowest BCUT2D eigenvalue weighted by Crippen LogP contribution is -2.43. The zero-order chi connectivity index (χ0) is 24.6. The fourth-order valence-electron chi connectivity index (χ4n) is 3.50. The predicted molar refractivity (Wildman–Crippen MR) is 103 cm³/mol. The normalized spacial score (nSPS) is 18.5. The highest BCUT2D eigenvalue weighted by atomic mass is 19.4. The van der Waals surface area contributed by atoms with Crippen LogP contribution in [0.25, 0.3) is 0 Å². The Balaban J connectivity index is 2.03. The second-order valence-corrected chi connectivity index (χ2v) is 7.37. The van der Waals surface area contributed by atoms with Gasteiger partial charge in [0.2, 0.25) is 0 Å². The van der Waals surface area contributed by atoms with Crippen molar-refractivity contribution in [2.45, 2.75) is 44.9 Å². The van der Waals surface area contributed by atoms with Gasteiger partial charge in [-0.3, -0.25) is 0 Å². The van der Waals surface area contributed by atoms with Crippen molar-refractivity contribution in [3.8, 4) is 0 Å². The van der Waals surface area contributed by atoms with Gasteiger partial charge in [-0.2, -0.15) is 13.2 Å². The molecule has 0 radical (unpaired) electrons. The van der Waals surface area contributed by atoms with E-state index in [-0.39, 0.29) is 23.4 Å². The summed E-state index contributed by atoms with van der Waals surface area (Å²) in [5, 5.41) is 3.51. The number of carbonyl (C=O) groups is 1. The highest BCUT2D eigenvalue weighted by molar-refractivity contribution is 6.03. The number of aryl methyl sites for hydroxylation is 1. The van der Waals surface area contributed by atoms with Gasteiger partial charge in [0, 0.05) is 23.1 Å². The van der Waals surface area contributed by atoms with Crippen LogP contribution in [0.4, 0.5) is 30.7 Å². The number of nitrogens with zero attached hydrogens (tertiary/aromatic N) is 1. The van der Waals surface area contributed by atoms with Crippen molar-refractivity contribution in [1.82, 2.24) is 0 Å². The molecule has 4 nitrogen and oxygen atoms in total. The second-order valence-electron chi connectivity index (χ2n) is 7.37. The molecule has 0 aromatic heterocycles. The van der Waals surface area contributed by atoms with E-state index in [0.29, 0.717) is 23.8 Å². The standard InChI is InChI=1S/C22H18F7NO3/c1-3-32-20(31)16-5-4-12(6-11(16)2)17-10-21(33-30-17,22(27,28)29)15-8-13(18(23)24)7-14(9-15)19(25)26/h4-9,18-19H,3,10H2,1-2H3. The monoisotopic (exact) mass is 477 g/mol. The van der Waals surface area contributed by atoms with E-state index in [9.17, 15) is 35.5 Å². The molecule has 0 saturated heterocycles. The molecule has 1 aliphatic heterocycles. The van der Waals surface area contributed by atoms with Gasteiger partial charge >= 0.3 is 12.1 Å². The largest absolute Gasteiger partial charge is 0.462 e. The van der Waals surface area contributed by atoms with Gasteiger partial charge in [0.05, 0.1) is 17.9 Å². The number of rotatable bonds is 6. The molecule has 1 unspecified atom stereocenters. The Morgan fingerprint density at radius 3 is 2.18 bits per heavy atom. The Kier molecular flexibility index (Phi) is 6.71. The number of ether oxygens (including phenoxy) is 1. The molecule has 0 bridgehead atoms. The molecule has 0 spiro atoms. The lowest BCUT2D eigenvalue weighted by molar-refractivity contribution is -0.276. The van der Waals surface area contributed by atoms with Crippen molar-refractivity contribution in [3.63, 3.8) is 0 Å². The summed E-state index contributed by atoms with van der Waals surface area (Å²) < 4.78 is 100. The van der Waals surface area contributed by atoms with Crippen LogP contribution in [0.2, 0.25) is 0 Å². The first-order valence-electron chi connectivity index (χ1n) is 9.71. The van der Waals surface area contributed by atoms with E-state index in [2.05, 4.69) is 5.16 Å². The first kappa shape index (κ1) is 24.5. The van der Waals surface area contributed by atoms with Gasteiger partial charge in [-0.25, -0.2) is 22.4 Å². The van der Waals surface area contributed by atoms with Crippen LogP contribution in [0, 0.1) is 6.92 Å². The minimum absolute atomic E-state index is 0.132. The molecule has 1 aliphatic rings. The van der Waals surface area contributed by atoms with Gasteiger partial charge < -0.3 is 9.57 Å². The van der Waals surface area contributed by atoms with Crippen molar-refractivity contribution in [2.24, 2.45) is 5.16 Å². The molecule has 0 N–H and O–H groups in total. The molecule has 2 aromatic carbocycles. The lowest BCUT2D eigenvalue weighted by atomic mass is 9.84. The average Bonchev–Trinajstić information content (AvgIpc) is 3.20. The summed E-state index contributed by atoms with van der Waals surface area (Å²) in [5.41, 5.74) is -5.51. The first-order chi connectivity index (χ1) is 15.4. The topological polar surface area (TPSA) is 47.9 Å². The van der Waals surface area contributed by atoms with Gasteiger partial charge in [0.15, 0.2) is 0 Å². The molecule has 11 heteroatoms. The SMILES string of the molecule is CCOC(=O)c1ccc(C2=NOC(c3cc(C(F)F)cc(C(F)F)c3)(C(F)(F)F)C2)cc1C. The quantitative estimate of drug-likeness (QED) is 0.347. The number of halogens is 7. The highest BCUT2D eigenvalue weighted by Crippen LogP contribution is 2.50. The van der Waals surface area contributed by atoms with Gasteiger partial charge in [-0.15, -0.1) is 0 Å². The van der Waals surface area contributed by atoms with Crippen LogP contribution in [0.3, 0.4) is 0 Å². The van der Waals surface area contributed by atoms with E-state index in [4.69, 9.17) is 9.57 Å². The fourth-order valence-corrected chi connectivity index (χ4v) is 3.50. The van der Waals surface area contributed by atoms with E-state index >= 15 is 0 Å². The van der Waals surface area contributed by atoms with Crippen LogP contribution in [0.5, 0.6) is 0 Å². The molecular weight excluding hydrogens is 459 g/mol. The van der Waals surface area contributed by atoms with E-state index in [1.165, 1.54) is 18.2 Å². The minimum Gasteiger partial charge on any atom is -0.462 e. The molecule has 0 amide bonds. The van der Waals surface area contributed by atoms with Crippen LogP contribution in [-0.4, -0.2) is 24.5 Å². The van der Waals surface area contributed by atoms with Crippen LogP contribution in [0.15, 0.2) is 41.6 Å². The van der Waals surface area contributed by atoms with Crippen LogP contribution in [-0.2, 0) is 15.2 Å². The number of oxime groups is 1. The third-order valence-corrected chi connectivity index (χ3v) is 5.19. The summed E-state index contributed by atoms with van der Waals surface area (Å²) in [6.45, 7) is 3.29. The molecule has 3 rings (SSSR count). The molecule has 0 fully saturated rings. The summed E-state index contributed by atoms with van der Waals surface area (Å²) >= 11 is 0. The lowest BCUT2D eigenvalue weighted by Gasteiger charge is -2.30. The summed E-state index contributed by atoms with van der Waals surface area (Å²) in [5.74, 6) is -0.612. The Bertz CT molecular complexity index is 1060. The highest BCUT2D eigenvalue weighted by Gasteiger charge is 2.62.